The van der Waals surface area contributed by atoms with Crippen molar-refractivity contribution in [2.24, 2.45) is 0 Å². The third-order valence-electron chi connectivity index (χ3n) is 5.24. The lowest BCUT2D eigenvalue weighted by Crippen LogP contribution is -2.48. The number of aliphatic hydroxyl groups is 1. The number of piperazine rings is 1. The fraction of sp³-hybridized carbons (Fsp3) is 0.364. The summed E-state index contributed by atoms with van der Waals surface area (Å²) in [5, 5.41) is 9.39. The first kappa shape index (κ1) is 23.1. The van der Waals surface area contributed by atoms with Crippen LogP contribution in [0.4, 0.5) is 26.3 Å². The van der Waals surface area contributed by atoms with Gasteiger partial charge in [-0.15, -0.1) is 0 Å². The first-order valence-electron chi connectivity index (χ1n) is 9.62. The molecule has 0 amide bonds. The maximum absolute atomic E-state index is 13.3. The summed E-state index contributed by atoms with van der Waals surface area (Å²) in [4.78, 5) is 3.79. The van der Waals surface area contributed by atoms with Gasteiger partial charge in [-0.25, -0.2) is 0 Å². The Hall–Kier alpha value is -2.52. The SMILES string of the molecule is C=C(O)CN1CCN(C(c2cccc(C(F)(F)F)c2)c2cccc(C(F)(F)F)c2)CC1. The summed E-state index contributed by atoms with van der Waals surface area (Å²) in [6.45, 7) is 5.52. The molecule has 3 rings (SSSR count). The van der Waals surface area contributed by atoms with E-state index in [2.05, 4.69) is 6.58 Å². The molecule has 1 heterocycles. The molecule has 9 heteroatoms. The van der Waals surface area contributed by atoms with Gasteiger partial charge in [-0.3, -0.25) is 9.80 Å². The van der Waals surface area contributed by atoms with Crippen LogP contribution in [0, 0.1) is 0 Å². The predicted molar refractivity (Wildman–Crippen MR) is 105 cm³/mol. The molecule has 1 aliphatic rings. The van der Waals surface area contributed by atoms with Crippen molar-refractivity contribution in [3.8, 4) is 0 Å². The number of alkyl halides is 6. The molecule has 2 aromatic carbocycles. The molecule has 0 bridgehead atoms. The lowest BCUT2D eigenvalue weighted by atomic mass is 9.93. The van der Waals surface area contributed by atoms with Crippen LogP contribution < -0.4 is 0 Å². The van der Waals surface area contributed by atoms with E-state index in [9.17, 15) is 31.4 Å². The molecule has 0 unspecified atom stereocenters. The molecule has 2 aromatic rings. The van der Waals surface area contributed by atoms with Crippen LogP contribution in [0.5, 0.6) is 0 Å². The van der Waals surface area contributed by atoms with Gasteiger partial charge in [0.05, 0.1) is 29.5 Å². The molecule has 0 spiro atoms. The molecular weight excluding hydrogens is 422 g/mol. The molecule has 0 aromatic heterocycles. The fourth-order valence-electron chi connectivity index (χ4n) is 3.82. The number of rotatable bonds is 5. The molecule has 1 fully saturated rings. The van der Waals surface area contributed by atoms with E-state index in [0.717, 1.165) is 24.3 Å². The summed E-state index contributed by atoms with van der Waals surface area (Å²) < 4.78 is 79.6. The zero-order valence-electron chi connectivity index (χ0n) is 16.5. The minimum Gasteiger partial charge on any atom is -0.512 e. The zero-order chi connectivity index (χ0) is 22.8. The van der Waals surface area contributed by atoms with Crippen molar-refractivity contribution >= 4 is 0 Å². The van der Waals surface area contributed by atoms with Crippen LogP contribution in [-0.4, -0.2) is 47.6 Å². The number of benzene rings is 2. The van der Waals surface area contributed by atoms with E-state index in [1.807, 2.05) is 9.80 Å². The third-order valence-corrected chi connectivity index (χ3v) is 5.24. The maximum atomic E-state index is 13.3. The summed E-state index contributed by atoms with van der Waals surface area (Å²) in [5.74, 6) is 0.000701. The second-order valence-electron chi connectivity index (χ2n) is 7.53. The molecule has 0 saturated carbocycles. The van der Waals surface area contributed by atoms with E-state index in [1.165, 1.54) is 24.3 Å². The lowest BCUT2D eigenvalue weighted by molar-refractivity contribution is -0.138. The average Bonchev–Trinajstić information content (AvgIpc) is 2.68. The Morgan fingerprint density at radius 1 is 0.839 bits per heavy atom. The largest absolute Gasteiger partial charge is 0.512 e. The van der Waals surface area contributed by atoms with E-state index >= 15 is 0 Å². The Kier molecular flexibility index (Phi) is 6.66. The van der Waals surface area contributed by atoms with Gasteiger partial charge in [0.15, 0.2) is 0 Å². The van der Waals surface area contributed by atoms with Gasteiger partial charge in [0.2, 0.25) is 0 Å². The highest BCUT2D eigenvalue weighted by molar-refractivity contribution is 5.38. The smallest absolute Gasteiger partial charge is 0.416 e. The van der Waals surface area contributed by atoms with Gasteiger partial charge in [-0.1, -0.05) is 30.8 Å². The van der Waals surface area contributed by atoms with Gasteiger partial charge >= 0.3 is 12.4 Å². The predicted octanol–water partition coefficient (Wildman–Crippen LogP) is 5.50. The second kappa shape index (κ2) is 8.92. The number of hydrogen-bond donors (Lipinski definition) is 1. The Labute approximate surface area is 176 Å². The summed E-state index contributed by atoms with van der Waals surface area (Å²) in [6.07, 6.45) is -9.12. The van der Waals surface area contributed by atoms with Crippen LogP contribution in [0.1, 0.15) is 28.3 Å². The van der Waals surface area contributed by atoms with Crippen LogP contribution in [-0.2, 0) is 12.4 Å². The average molecular weight is 444 g/mol. The standard InChI is InChI=1S/C22H22F6N2O/c1-15(31)14-29-8-10-30(11-9-29)20(16-4-2-6-18(12-16)21(23,24)25)17-5-3-7-19(13-17)22(26,27)28/h2-7,12-13,20,31H,1,8-11,14H2. The molecule has 168 valence electrons. The van der Waals surface area contributed by atoms with E-state index in [-0.39, 0.29) is 23.4 Å². The maximum Gasteiger partial charge on any atom is 0.416 e. The molecule has 31 heavy (non-hydrogen) atoms. The minimum absolute atomic E-state index is 0.000701. The first-order chi connectivity index (χ1) is 14.4. The zero-order valence-corrected chi connectivity index (χ0v) is 16.5. The summed E-state index contributed by atoms with van der Waals surface area (Å²) in [5.41, 5.74) is -1.15. The fourth-order valence-corrected chi connectivity index (χ4v) is 3.82. The molecule has 3 nitrogen and oxygen atoms in total. The van der Waals surface area contributed by atoms with Crippen molar-refractivity contribution in [1.29, 1.82) is 0 Å². The van der Waals surface area contributed by atoms with Crippen LogP contribution >= 0.6 is 0 Å². The van der Waals surface area contributed by atoms with Gasteiger partial charge in [-0.05, 0) is 35.4 Å². The van der Waals surface area contributed by atoms with Crippen LogP contribution in [0.15, 0.2) is 60.9 Å². The highest BCUT2D eigenvalue weighted by Crippen LogP contribution is 2.37. The van der Waals surface area contributed by atoms with E-state index in [1.54, 1.807) is 0 Å². The van der Waals surface area contributed by atoms with Crippen molar-refractivity contribution in [1.82, 2.24) is 9.80 Å². The van der Waals surface area contributed by atoms with Gasteiger partial charge in [0.1, 0.15) is 0 Å². The van der Waals surface area contributed by atoms with Gasteiger partial charge in [0.25, 0.3) is 0 Å². The van der Waals surface area contributed by atoms with Gasteiger partial charge in [-0.2, -0.15) is 26.3 Å². The van der Waals surface area contributed by atoms with E-state index in [0.29, 0.717) is 26.2 Å². The number of halogens is 6. The van der Waals surface area contributed by atoms with Crippen molar-refractivity contribution in [3.63, 3.8) is 0 Å². The summed E-state index contributed by atoms with van der Waals surface area (Å²) in [6, 6.07) is 8.64. The molecule has 0 aliphatic carbocycles. The van der Waals surface area contributed by atoms with Gasteiger partial charge < -0.3 is 5.11 Å². The highest BCUT2D eigenvalue weighted by atomic mass is 19.4. The Morgan fingerprint density at radius 2 is 1.29 bits per heavy atom. The van der Waals surface area contributed by atoms with E-state index < -0.39 is 29.5 Å². The minimum atomic E-state index is -4.56. The molecule has 1 aliphatic heterocycles. The monoisotopic (exact) mass is 444 g/mol. The quantitative estimate of drug-likeness (QED) is 0.487. The Bertz CT molecular complexity index is 859. The Morgan fingerprint density at radius 3 is 1.68 bits per heavy atom. The summed E-state index contributed by atoms with van der Waals surface area (Å²) >= 11 is 0. The topological polar surface area (TPSA) is 26.7 Å². The van der Waals surface area contributed by atoms with Crippen molar-refractivity contribution in [2.75, 3.05) is 32.7 Å². The normalized spacial score (nSPS) is 16.6. The summed E-state index contributed by atoms with van der Waals surface area (Å²) in [7, 11) is 0. The number of aliphatic hydroxyl groups excluding tert-OH is 1. The van der Waals surface area contributed by atoms with Crippen molar-refractivity contribution in [3.05, 3.63) is 83.1 Å². The Balaban J connectivity index is 1.99. The third kappa shape index (κ3) is 5.80. The number of nitrogens with zero attached hydrogens (tertiary/aromatic N) is 2. The second-order valence-corrected chi connectivity index (χ2v) is 7.53. The van der Waals surface area contributed by atoms with Crippen LogP contribution in [0.2, 0.25) is 0 Å². The van der Waals surface area contributed by atoms with Crippen molar-refractivity contribution in [2.45, 2.75) is 18.4 Å². The molecule has 0 atom stereocenters. The molecule has 1 saturated heterocycles. The van der Waals surface area contributed by atoms with Crippen molar-refractivity contribution < 1.29 is 31.4 Å². The van der Waals surface area contributed by atoms with Gasteiger partial charge in [0, 0.05) is 26.2 Å². The lowest BCUT2D eigenvalue weighted by Gasteiger charge is -2.40. The first-order valence-corrected chi connectivity index (χ1v) is 9.62. The number of hydrogen-bond acceptors (Lipinski definition) is 3. The molecule has 0 radical (unpaired) electrons. The molecular formula is C22H22F6N2O. The van der Waals surface area contributed by atoms with Crippen LogP contribution in [0.25, 0.3) is 0 Å². The van der Waals surface area contributed by atoms with Crippen LogP contribution in [0.3, 0.4) is 0 Å². The highest BCUT2D eigenvalue weighted by Gasteiger charge is 2.35. The van der Waals surface area contributed by atoms with E-state index in [4.69, 9.17) is 0 Å². The molecule has 1 N–H and O–H groups in total.